The van der Waals surface area contributed by atoms with Gasteiger partial charge in [-0.2, -0.15) is 0 Å². The summed E-state index contributed by atoms with van der Waals surface area (Å²) in [4.78, 5) is 0. The SMILES string of the molecule is CCCOc1cccc(C2OCCC2CN)c1. The number of ether oxygens (including phenoxy) is 2. The molecule has 0 amide bonds. The number of nitrogens with two attached hydrogens (primary N) is 1. The minimum absolute atomic E-state index is 0.144. The maximum atomic E-state index is 5.77. The molecule has 3 nitrogen and oxygen atoms in total. The van der Waals surface area contributed by atoms with E-state index in [1.807, 2.05) is 12.1 Å². The smallest absolute Gasteiger partial charge is 0.119 e. The molecule has 1 aliphatic heterocycles. The average molecular weight is 235 g/mol. The van der Waals surface area contributed by atoms with Gasteiger partial charge in [-0.1, -0.05) is 19.1 Å². The van der Waals surface area contributed by atoms with Crippen LogP contribution in [0, 0.1) is 5.92 Å². The van der Waals surface area contributed by atoms with E-state index >= 15 is 0 Å². The van der Waals surface area contributed by atoms with Gasteiger partial charge in [0.15, 0.2) is 0 Å². The van der Waals surface area contributed by atoms with Crippen molar-refractivity contribution in [2.24, 2.45) is 11.7 Å². The van der Waals surface area contributed by atoms with E-state index in [0.29, 0.717) is 12.5 Å². The molecule has 0 radical (unpaired) electrons. The Bertz CT molecular complexity index is 354. The molecule has 1 fully saturated rings. The highest BCUT2D eigenvalue weighted by Gasteiger charge is 2.28. The lowest BCUT2D eigenvalue weighted by Gasteiger charge is -2.18. The zero-order valence-corrected chi connectivity index (χ0v) is 10.4. The van der Waals surface area contributed by atoms with Crippen LogP contribution in [0.5, 0.6) is 5.75 Å². The Labute approximate surface area is 103 Å². The van der Waals surface area contributed by atoms with Gasteiger partial charge in [0, 0.05) is 12.5 Å². The third-order valence-corrected chi connectivity index (χ3v) is 3.18. The number of benzene rings is 1. The fraction of sp³-hybridized carbons (Fsp3) is 0.571. The van der Waals surface area contributed by atoms with Gasteiger partial charge in [-0.15, -0.1) is 0 Å². The second-order valence-corrected chi connectivity index (χ2v) is 4.50. The predicted octanol–water partition coefficient (Wildman–Crippen LogP) is 2.51. The molecule has 1 aromatic carbocycles. The summed E-state index contributed by atoms with van der Waals surface area (Å²) >= 11 is 0. The Morgan fingerprint density at radius 3 is 3.12 bits per heavy atom. The Kier molecular flexibility index (Phi) is 4.40. The van der Waals surface area contributed by atoms with Crippen LogP contribution in [-0.2, 0) is 4.74 Å². The third kappa shape index (κ3) is 2.99. The van der Waals surface area contributed by atoms with Crippen molar-refractivity contribution in [1.29, 1.82) is 0 Å². The first kappa shape index (κ1) is 12.4. The van der Waals surface area contributed by atoms with Crippen LogP contribution in [0.2, 0.25) is 0 Å². The Morgan fingerprint density at radius 2 is 2.35 bits per heavy atom. The molecule has 0 aliphatic carbocycles. The predicted molar refractivity (Wildman–Crippen MR) is 68.1 cm³/mol. The van der Waals surface area contributed by atoms with E-state index in [-0.39, 0.29) is 6.10 Å². The largest absolute Gasteiger partial charge is 0.494 e. The molecule has 3 heteroatoms. The minimum atomic E-state index is 0.144. The monoisotopic (exact) mass is 235 g/mol. The van der Waals surface area contributed by atoms with Gasteiger partial charge in [0.1, 0.15) is 5.75 Å². The van der Waals surface area contributed by atoms with E-state index in [4.69, 9.17) is 15.2 Å². The molecular weight excluding hydrogens is 214 g/mol. The fourth-order valence-electron chi connectivity index (χ4n) is 2.24. The molecule has 0 spiro atoms. The van der Waals surface area contributed by atoms with Gasteiger partial charge < -0.3 is 15.2 Å². The molecule has 2 atom stereocenters. The van der Waals surface area contributed by atoms with Gasteiger partial charge in [0.25, 0.3) is 0 Å². The number of hydrogen-bond donors (Lipinski definition) is 1. The Hall–Kier alpha value is -1.06. The van der Waals surface area contributed by atoms with Crippen LogP contribution in [0.15, 0.2) is 24.3 Å². The maximum absolute atomic E-state index is 5.77. The highest BCUT2D eigenvalue weighted by Crippen LogP contribution is 2.34. The van der Waals surface area contributed by atoms with Gasteiger partial charge in [0.05, 0.1) is 12.7 Å². The summed E-state index contributed by atoms with van der Waals surface area (Å²) in [5, 5.41) is 0. The summed E-state index contributed by atoms with van der Waals surface area (Å²) in [6.07, 6.45) is 2.22. The molecule has 94 valence electrons. The summed E-state index contributed by atoms with van der Waals surface area (Å²) in [6.45, 7) is 4.36. The first-order valence-electron chi connectivity index (χ1n) is 6.39. The first-order chi connectivity index (χ1) is 8.35. The molecule has 2 N–H and O–H groups in total. The van der Waals surface area contributed by atoms with E-state index in [0.717, 1.165) is 31.8 Å². The molecule has 17 heavy (non-hydrogen) atoms. The lowest BCUT2D eigenvalue weighted by atomic mass is 9.95. The van der Waals surface area contributed by atoms with Gasteiger partial charge in [0.2, 0.25) is 0 Å². The molecule has 0 bridgehead atoms. The van der Waals surface area contributed by atoms with Crippen molar-refractivity contribution in [2.75, 3.05) is 19.8 Å². The molecule has 1 heterocycles. The van der Waals surface area contributed by atoms with E-state index in [1.165, 1.54) is 5.56 Å². The van der Waals surface area contributed by atoms with Crippen LogP contribution < -0.4 is 10.5 Å². The van der Waals surface area contributed by atoms with E-state index in [1.54, 1.807) is 0 Å². The molecule has 2 rings (SSSR count). The van der Waals surface area contributed by atoms with Crippen molar-refractivity contribution in [1.82, 2.24) is 0 Å². The molecule has 1 saturated heterocycles. The lowest BCUT2D eigenvalue weighted by molar-refractivity contribution is 0.0922. The normalized spacial score (nSPS) is 23.9. The average Bonchev–Trinajstić information content (AvgIpc) is 2.85. The van der Waals surface area contributed by atoms with E-state index < -0.39 is 0 Å². The zero-order chi connectivity index (χ0) is 12.1. The standard InChI is InChI=1S/C14H21NO2/c1-2-7-16-13-5-3-4-11(9-13)14-12(10-15)6-8-17-14/h3-5,9,12,14H,2,6-8,10,15H2,1H3. The first-order valence-corrected chi connectivity index (χ1v) is 6.39. The third-order valence-electron chi connectivity index (χ3n) is 3.18. The topological polar surface area (TPSA) is 44.5 Å². The summed E-state index contributed by atoms with van der Waals surface area (Å²) in [5.74, 6) is 1.37. The zero-order valence-electron chi connectivity index (χ0n) is 10.4. The highest BCUT2D eigenvalue weighted by atomic mass is 16.5. The molecule has 1 aliphatic rings. The van der Waals surface area contributed by atoms with Crippen LogP contribution in [0.4, 0.5) is 0 Å². The minimum Gasteiger partial charge on any atom is -0.494 e. The van der Waals surface area contributed by atoms with Crippen LogP contribution in [0.3, 0.4) is 0 Å². The highest BCUT2D eigenvalue weighted by molar-refractivity contribution is 5.30. The van der Waals surface area contributed by atoms with Gasteiger partial charge in [-0.25, -0.2) is 0 Å². The van der Waals surface area contributed by atoms with E-state index in [9.17, 15) is 0 Å². The molecule has 1 aromatic rings. The van der Waals surface area contributed by atoms with Crippen molar-refractivity contribution in [3.63, 3.8) is 0 Å². The van der Waals surface area contributed by atoms with Crippen LogP contribution >= 0.6 is 0 Å². The Balaban J connectivity index is 2.09. The summed E-state index contributed by atoms with van der Waals surface area (Å²) in [5.41, 5.74) is 6.96. The van der Waals surface area contributed by atoms with Crippen molar-refractivity contribution in [3.05, 3.63) is 29.8 Å². The summed E-state index contributed by atoms with van der Waals surface area (Å²) in [6, 6.07) is 8.19. The number of hydrogen-bond acceptors (Lipinski definition) is 3. The molecular formula is C14H21NO2. The van der Waals surface area contributed by atoms with Crippen LogP contribution in [0.25, 0.3) is 0 Å². The fourth-order valence-corrected chi connectivity index (χ4v) is 2.24. The number of rotatable bonds is 5. The molecule has 0 saturated carbocycles. The Morgan fingerprint density at radius 1 is 1.47 bits per heavy atom. The van der Waals surface area contributed by atoms with Gasteiger partial charge in [-0.3, -0.25) is 0 Å². The van der Waals surface area contributed by atoms with Gasteiger partial charge in [-0.05, 0) is 37.1 Å². The van der Waals surface area contributed by atoms with E-state index in [2.05, 4.69) is 19.1 Å². The van der Waals surface area contributed by atoms with Crippen molar-refractivity contribution < 1.29 is 9.47 Å². The summed E-state index contributed by atoms with van der Waals surface area (Å²) in [7, 11) is 0. The van der Waals surface area contributed by atoms with Crippen molar-refractivity contribution in [3.8, 4) is 5.75 Å². The maximum Gasteiger partial charge on any atom is 0.119 e. The second kappa shape index (κ2) is 6.03. The van der Waals surface area contributed by atoms with Gasteiger partial charge >= 0.3 is 0 Å². The lowest BCUT2D eigenvalue weighted by Crippen LogP contribution is -2.17. The van der Waals surface area contributed by atoms with Crippen molar-refractivity contribution in [2.45, 2.75) is 25.9 Å². The molecule has 0 aromatic heterocycles. The van der Waals surface area contributed by atoms with Crippen LogP contribution in [-0.4, -0.2) is 19.8 Å². The van der Waals surface area contributed by atoms with Crippen molar-refractivity contribution >= 4 is 0 Å². The second-order valence-electron chi connectivity index (χ2n) is 4.50. The van der Waals surface area contributed by atoms with Crippen LogP contribution in [0.1, 0.15) is 31.4 Å². The summed E-state index contributed by atoms with van der Waals surface area (Å²) < 4.78 is 11.4. The molecule has 2 unspecified atom stereocenters. The quantitative estimate of drug-likeness (QED) is 0.853.